The Morgan fingerprint density at radius 1 is 1.26 bits per heavy atom. The van der Waals surface area contributed by atoms with E-state index in [0.29, 0.717) is 6.29 Å². The predicted molar refractivity (Wildman–Crippen MR) is 93.7 cm³/mol. The summed E-state index contributed by atoms with van der Waals surface area (Å²) >= 11 is 0. The molecule has 0 amide bonds. The summed E-state index contributed by atoms with van der Waals surface area (Å²) in [5.74, 6) is -2.14. The number of hydrogen-bond donors (Lipinski definition) is 0. The molecule has 2 atom stereocenters. The number of aromatic nitrogens is 1. The molecule has 0 saturated carbocycles. The molecule has 0 aliphatic carbocycles. The average Bonchev–Trinajstić information content (AvgIpc) is 2.68. The van der Waals surface area contributed by atoms with Gasteiger partial charge >= 0.3 is 5.97 Å². The summed E-state index contributed by atoms with van der Waals surface area (Å²) in [6, 6.07) is 9.19. The topological polar surface area (TPSA) is 134 Å². The molecule has 0 unspecified atom stereocenters. The standard InChI is InChI=1S/C17H16N2O7S/c1-26-17(21)16(27(24,25)15-4-2-3-10-18-15)14(9-11-20)12-5-7-13(8-6-12)19(22)23/h2-8,10-11,14,16H,9H2,1H3/t14-,16-/m0/s1. The largest absolute Gasteiger partial charge is 0.468 e. The summed E-state index contributed by atoms with van der Waals surface area (Å²) in [4.78, 5) is 37.5. The molecule has 1 aromatic carbocycles. The highest BCUT2D eigenvalue weighted by atomic mass is 32.2. The molecule has 1 aromatic heterocycles. The summed E-state index contributed by atoms with van der Waals surface area (Å²) in [6.07, 6.45) is 1.45. The lowest BCUT2D eigenvalue weighted by molar-refractivity contribution is -0.384. The molecule has 1 heterocycles. The van der Waals surface area contributed by atoms with E-state index in [-0.39, 0.29) is 22.7 Å². The van der Waals surface area contributed by atoms with E-state index < -0.39 is 31.9 Å². The van der Waals surface area contributed by atoms with Crippen molar-refractivity contribution in [1.29, 1.82) is 0 Å². The molecule has 0 N–H and O–H groups in total. The number of nitro groups is 1. The number of non-ortho nitro benzene ring substituents is 1. The van der Waals surface area contributed by atoms with Gasteiger partial charge in [-0.1, -0.05) is 18.2 Å². The van der Waals surface area contributed by atoms with Crippen molar-refractivity contribution in [2.24, 2.45) is 0 Å². The number of methoxy groups -OCH3 is 1. The zero-order valence-electron chi connectivity index (χ0n) is 14.2. The highest BCUT2D eigenvalue weighted by Crippen LogP contribution is 2.32. The summed E-state index contributed by atoms with van der Waals surface area (Å²) in [5.41, 5.74) is 0.0772. The van der Waals surface area contributed by atoms with Gasteiger partial charge in [-0.25, -0.2) is 13.4 Å². The maximum absolute atomic E-state index is 13.0. The molecule has 27 heavy (non-hydrogen) atoms. The van der Waals surface area contributed by atoms with Crippen LogP contribution in [0.3, 0.4) is 0 Å². The van der Waals surface area contributed by atoms with Gasteiger partial charge in [0, 0.05) is 30.7 Å². The Bertz CT molecular complexity index is 928. The normalized spacial score (nSPS) is 13.4. The fraction of sp³-hybridized carbons (Fsp3) is 0.235. The number of rotatable bonds is 8. The Morgan fingerprint density at radius 3 is 2.41 bits per heavy atom. The molecule has 2 rings (SSSR count). The lowest BCUT2D eigenvalue weighted by Gasteiger charge is -2.23. The number of carbonyl (C=O) groups excluding carboxylic acids is 2. The van der Waals surface area contributed by atoms with Crippen LogP contribution in [0.2, 0.25) is 0 Å². The molecule has 10 heteroatoms. The number of esters is 1. The molecule has 0 radical (unpaired) electrons. The lowest BCUT2D eigenvalue weighted by atomic mass is 9.92. The van der Waals surface area contributed by atoms with Crippen molar-refractivity contribution in [2.75, 3.05) is 7.11 Å². The number of nitro benzene ring substituents is 1. The minimum Gasteiger partial charge on any atom is -0.468 e. The molecular weight excluding hydrogens is 376 g/mol. The zero-order chi connectivity index (χ0) is 20.0. The summed E-state index contributed by atoms with van der Waals surface area (Å²) in [7, 11) is -3.25. The van der Waals surface area contributed by atoms with Gasteiger partial charge < -0.3 is 9.53 Å². The number of hydrogen-bond acceptors (Lipinski definition) is 8. The molecule has 0 aliphatic rings. The van der Waals surface area contributed by atoms with Gasteiger partial charge in [-0.05, 0) is 17.7 Å². The molecule has 0 bridgehead atoms. The van der Waals surface area contributed by atoms with E-state index in [1.165, 1.54) is 48.7 Å². The molecule has 0 aliphatic heterocycles. The second-order valence-corrected chi connectivity index (χ2v) is 7.53. The highest BCUT2D eigenvalue weighted by Gasteiger charge is 2.43. The van der Waals surface area contributed by atoms with Gasteiger partial charge in [-0.15, -0.1) is 0 Å². The Hall–Kier alpha value is -3.14. The SMILES string of the molecule is COC(=O)[C@H]([C@@H](CC=O)c1ccc([N+](=O)[O-])cc1)S(=O)(=O)c1ccccn1. The molecular formula is C17H16N2O7S. The van der Waals surface area contributed by atoms with Crippen molar-refractivity contribution < 1.29 is 27.7 Å². The minimum atomic E-state index is -4.29. The Balaban J connectivity index is 2.58. The third-order valence-electron chi connectivity index (χ3n) is 3.94. The van der Waals surface area contributed by atoms with Crippen LogP contribution in [0.5, 0.6) is 0 Å². The number of benzene rings is 1. The van der Waals surface area contributed by atoms with Gasteiger partial charge in [0.15, 0.2) is 10.3 Å². The Morgan fingerprint density at radius 2 is 1.93 bits per heavy atom. The maximum atomic E-state index is 13.0. The van der Waals surface area contributed by atoms with Crippen LogP contribution in [0.25, 0.3) is 0 Å². The van der Waals surface area contributed by atoms with Crippen LogP contribution in [0.1, 0.15) is 17.9 Å². The van der Waals surface area contributed by atoms with Crippen molar-refractivity contribution in [1.82, 2.24) is 4.98 Å². The van der Waals surface area contributed by atoms with Crippen LogP contribution < -0.4 is 0 Å². The van der Waals surface area contributed by atoms with Crippen molar-refractivity contribution in [2.45, 2.75) is 22.6 Å². The maximum Gasteiger partial charge on any atom is 0.325 e. The van der Waals surface area contributed by atoms with Gasteiger partial charge in [0.05, 0.1) is 12.0 Å². The van der Waals surface area contributed by atoms with E-state index in [4.69, 9.17) is 0 Å². The second kappa shape index (κ2) is 8.49. The average molecular weight is 392 g/mol. The smallest absolute Gasteiger partial charge is 0.325 e. The first-order valence-electron chi connectivity index (χ1n) is 7.73. The van der Waals surface area contributed by atoms with Gasteiger partial charge in [-0.3, -0.25) is 14.9 Å². The van der Waals surface area contributed by atoms with E-state index >= 15 is 0 Å². The van der Waals surface area contributed by atoms with Crippen molar-refractivity contribution in [3.8, 4) is 0 Å². The molecule has 9 nitrogen and oxygen atoms in total. The second-order valence-electron chi connectivity index (χ2n) is 5.51. The predicted octanol–water partition coefficient (Wildman–Crippen LogP) is 1.68. The number of ether oxygens (including phenoxy) is 1. The summed E-state index contributed by atoms with van der Waals surface area (Å²) in [6.45, 7) is 0. The third-order valence-corrected chi connectivity index (χ3v) is 5.96. The number of aldehydes is 1. The molecule has 2 aromatic rings. The van der Waals surface area contributed by atoms with Gasteiger partial charge in [0.2, 0.25) is 9.84 Å². The summed E-state index contributed by atoms with van der Waals surface area (Å²) in [5, 5.41) is 8.74. The number of sulfone groups is 1. The van der Waals surface area contributed by atoms with E-state index in [9.17, 15) is 28.1 Å². The van der Waals surface area contributed by atoms with Crippen LogP contribution in [0.4, 0.5) is 5.69 Å². The van der Waals surface area contributed by atoms with E-state index in [1.807, 2.05) is 0 Å². The number of pyridine rings is 1. The first-order chi connectivity index (χ1) is 12.8. The first kappa shape index (κ1) is 20.2. The summed E-state index contributed by atoms with van der Waals surface area (Å²) < 4.78 is 30.7. The molecule has 0 saturated heterocycles. The number of nitrogens with zero attached hydrogens (tertiary/aromatic N) is 2. The lowest BCUT2D eigenvalue weighted by Crippen LogP contribution is -2.38. The number of carbonyl (C=O) groups is 2. The van der Waals surface area contributed by atoms with Gasteiger partial charge in [0.25, 0.3) is 5.69 Å². The van der Waals surface area contributed by atoms with Crippen molar-refractivity contribution in [3.05, 3.63) is 64.3 Å². The monoisotopic (exact) mass is 392 g/mol. The van der Waals surface area contributed by atoms with Gasteiger partial charge in [-0.2, -0.15) is 0 Å². The fourth-order valence-electron chi connectivity index (χ4n) is 2.65. The van der Waals surface area contributed by atoms with Crippen LogP contribution in [-0.2, 0) is 24.2 Å². The van der Waals surface area contributed by atoms with Crippen molar-refractivity contribution in [3.63, 3.8) is 0 Å². The van der Waals surface area contributed by atoms with E-state index in [1.54, 1.807) is 0 Å². The fourth-order valence-corrected chi connectivity index (χ4v) is 4.44. The van der Waals surface area contributed by atoms with Crippen molar-refractivity contribution >= 4 is 27.8 Å². The van der Waals surface area contributed by atoms with Crippen LogP contribution in [-0.4, -0.2) is 42.9 Å². The van der Waals surface area contributed by atoms with Crippen LogP contribution in [0.15, 0.2) is 53.7 Å². The van der Waals surface area contributed by atoms with Crippen LogP contribution in [0, 0.1) is 10.1 Å². The van der Waals surface area contributed by atoms with E-state index in [2.05, 4.69) is 9.72 Å². The van der Waals surface area contributed by atoms with Crippen LogP contribution >= 0.6 is 0 Å². The first-order valence-corrected chi connectivity index (χ1v) is 9.28. The molecule has 0 fully saturated rings. The van der Waals surface area contributed by atoms with E-state index in [0.717, 1.165) is 7.11 Å². The minimum absolute atomic E-state index is 0.203. The highest BCUT2D eigenvalue weighted by molar-refractivity contribution is 7.92. The molecule has 142 valence electrons. The molecule has 0 spiro atoms. The Labute approximate surface area is 155 Å². The van der Waals surface area contributed by atoms with Gasteiger partial charge in [0.1, 0.15) is 6.29 Å². The third kappa shape index (κ3) is 4.34. The Kier molecular flexibility index (Phi) is 6.35. The zero-order valence-corrected chi connectivity index (χ0v) is 15.0. The quantitative estimate of drug-likeness (QED) is 0.287.